The largest absolute Gasteiger partial charge is 0.508 e. The van der Waals surface area contributed by atoms with Gasteiger partial charge in [-0.15, -0.1) is 0 Å². The number of carbonyl (C=O) groups is 1. The second-order valence-electron chi connectivity index (χ2n) is 4.24. The summed E-state index contributed by atoms with van der Waals surface area (Å²) in [5.41, 5.74) is 2.45. The van der Waals surface area contributed by atoms with Crippen molar-refractivity contribution < 1.29 is 15.0 Å². The molecule has 6 heteroatoms. The molecule has 0 aromatic heterocycles. The highest BCUT2D eigenvalue weighted by Crippen LogP contribution is 2.34. The van der Waals surface area contributed by atoms with Crippen LogP contribution in [0.3, 0.4) is 0 Å². The zero-order valence-electron chi connectivity index (χ0n) is 11.5. The number of rotatable bonds is 2. The van der Waals surface area contributed by atoms with Crippen LogP contribution >= 0.6 is 23.2 Å². The molecule has 0 spiro atoms. The van der Waals surface area contributed by atoms with Crippen molar-refractivity contribution in [1.82, 2.24) is 0 Å². The van der Waals surface area contributed by atoms with Gasteiger partial charge in [0.05, 0.1) is 15.7 Å². The van der Waals surface area contributed by atoms with Crippen molar-refractivity contribution in [3.05, 3.63) is 52.0 Å². The number of aliphatic carboxylic acids is 1. The third-order valence-corrected chi connectivity index (χ3v) is 3.06. The molecular formula is C15H15Cl2NO3. The first-order valence-electron chi connectivity index (χ1n) is 6.01. The normalized spacial score (nSPS) is 9.52. The molecule has 0 atom stereocenters. The predicted molar refractivity (Wildman–Crippen MR) is 85.9 cm³/mol. The van der Waals surface area contributed by atoms with E-state index in [2.05, 4.69) is 5.32 Å². The van der Waals surface area contributed by atoms with E-state index in [0.717, 1.165) is 18.2 Å². The van der Waals surface area contributed by atoms with Crippen LogP contribution in [0, 0.1) is 6.92 Å². The average Bonchev–Trinajstić information content (AvgIpc) is 2.35. The first-order chi connectivity index (χ1) is 9.81. The van der Waals surface area contributed by atoms with Gasteiger partial charge in [0.15, 0.2) is 0 Å². The summed E-state index contributed by atoms with van der Waals surface area (Å²) >= 11 is 12.1. The van der Waals surface area contributed by atoms with E-state index in [1.807, 2.05) is 6.92 Å². The number of phenols is 1. The van der Waals surface area contributed by atoms with Crippen molar-refractivity contribution in [3.8, 4) is 5.75 Å². The Kier molecular flexibility index (Phi) is 6.34. The van der Waals surface area contributed by atoms with Crippen LogP contribution in [0.15, 0.2) is 36.4 Å². The summed E-state index contributed by atoms with van der Waals surface area (Å²) < 4.78 is 0. The van der Waals surface area contributed by atoms with Gasteiger partial charge in [-0.05, 0) is 42.8 Å². The second kappa shape index (κ2) is 7.76. The molecule has 0 bridgehead atoms. The number of hydrogen-bond acceptors (Lipinski definition) is 3. The molecule has 21 heavy (non-hydrogen) atoms. The summed E-state index contributed by atoms with van der Waals surface area (Å²) in [7, 11) is 0. The first kappa shape index (κ1) is 17.1. The maximum Gasteiger partial charge on any atom is 0.300 e. The molecule has 4 nitrogen and oxygen atoms in total. The van der Waals surface area contributed by atoms with Gasteiger partial charge in [-0.25, -0.2) is 0 Å². The lowest BCUT2D eigenvalue weighted by atomic mass is 10.2. The fourth-order valence-electron chi connectivity index (χ4n) is 1.54. The van der Waals surface area contributed by atoms with Crippen molar-refractivity contribution >= 4 is 40.5 Å². The summed E-state index contributed by atoms with van der Waals surface area (Å²) in [4.78, 5) is 9.00. The summed E-state index contributed by atoms with van der Waals surface area (Å²) in [5, 5.41) is 21.0. The van der Waals surface area contributed by atoms with E-state index in [1.54, 1.807) is 36.4 Å². The number of halogens is 2. The van der Waals surface area contributed by atoms with Gasteiger partial charge >= 0.3 is 0 Å². The molecular weight excluding hydrogens is 313 g/mol. The molecule has 0 aliphatic heterocycles. The second-order valence-corrected chi connectivity index (χ2v) is 5.05. The quantitative estimate of drug-likeness (QED) is 0.690. The molecule has 0 aliphatic carbocycles. The van der Waals surface area contributed by atoms with Crippen molar-refractivity contribution in [2.24, 2.45) is 0 Å². The van der Waals surface area contributed by atoms with E-state index in [4.69, 9.17) is 33.1 Å². The Bertz CT molecular complexity index is 621. The summed E-state index contributed by atoms with van der Waals surface area (Å²) in [5.74, 6) is -0.599. The van der Waals surface area contributed by atoms with Crippen LogP contribution in [-0.2, 0) is 4.79 Å². The number of aryl methyl sites for hydroxylation is 1. The smallest absolute Gasteiger partial charge is 0.300 e. The number of benzene rings is 2. The van der Waals surface area contributed by atoms with E-state index in [0.29, 0.717) is 15.7 Å². The average molecular weight is 328 g/mol. The Hall–Kier alpha value is -1.91. The van der Waals surface area contributed by atoms with Crippen molar-refractivity contribution in [3.63, 3.8) is 0 Å². The Labute approximate surface area is 132 Å². The molecule has 0 fully saturated rings. The number of nitrogens with one attached hydrogen (secondary N) is 1. The molecule has 3 N–H and O–H groups in total. The molecule has 0 saturated heterocycles. The van der Waals surface area contributed by atoms with Gasteiger partial charge in [-0.2, -0.15) is 0 Å². The molecule has 0 unspecified atom stereocenters. The number of hydrogen-bond donors (Lipinski definition) is 3. The minimum atomic E-state index is -0.833. The van der Waals surface area contributed by atoms with Crippen LogP contribution in [0.2, 0.25) is 10.0 Å². The van der Waals surface area contributed by atoms with Crippen molar-refractivity contribution in [1.29, 1.82) is 0 Å². The zero-order valence-corrected chi connectivity index (χ0v) is 13.0. The summed E-state index contributed by atoms with van der Waals surface area (Å²) in [6, 6.07) is 10.4. The van der Waals surface area contributed by atoms with Crippen LogP contribution in [0.5, 0.6) is 5.75 Å². The lowest BCUT2D eigenvalue weighted by Gasteiger charge is -2.12. The summed E-state index contributed by atoms with van der Waals surface area (Å²) in [6.07, 6.45) is 0. The number of aromatic hydroxyl groups is 1. The third kappa shape index (κ3) is 5.53. The maximum absolute atomic E-state index is 9.33. The molecule has 0 aliphatic rings. The van der Waals surface area contributed by atoms with Crippen LogP contribution in [0.1, 0.15) is 12.5 Å². The number of carboxylic acid groups (broad SMARTS) is 1. The Morgan fingerprint density at radius 2 is 1.67 bits per heavy atom. The van der Waals surface area contributed by atoms with Gasteiger partial charge in [-0.3, -0.25) is 4.79 Å². The van der Waals surface area contributed by atoms with Crippen LogP contribution in [0.4, 0.5) is 11.4 Å². The van der Waals surface area contributed by atoms with Crippen molar-refractivity contribution in [2.45, 2.75) is 13.8 Å². The topological polar surface area (TPSA) is 69.6 Å². The first-order valence-corrected chi connectivity index (χ1v) is 6.77. The number of carboxylic acids is 1. The fraction of sp³-hybridized carbons (Fsp3) is 0.133. The molecule has 0 radical (unpaired) electrons. The Balaban J connectivity index is 0.000000491. The van der Waals surface area contributed by atoms with Crippen LogP contribution in [0.25, 0.3) is 0 Å². The van der Waals surface area contributed by atoms with E-state index < -0.39 is 5.97 Å². The van der Waals surface area contributed by atoms with Gasteiger partial charge in [0, 0.05) is 12.6 Å². The van der Waals surface area contributed by atoms with E-state index in [9.17, 15) is 5.11 Å². The molecule has 2 aromatic rings. The fourth-order valence-corrected chi connectivity index (χ4v) is 2.03. The van der Waals surface area contributed by atoms with E-state index >= 15 is 0 Å². The highest BCUT2D eigenvalue weighted by Gasteiger charge is 2.07. The maximum atomic E-state index is 9.33. The van der Waals surface area contributed by atoms with Gasteiger partial charge < -0.3 is 15.5 Å². The number of anilines is 2. The molecule has 0 amide bonds. The highest BCUT2D eigenvalue weighted by molar-refractivity contribution is 6.39. The predicted octanol–water partition coefficient (Wildman–Crippen LogP) is 4.84. The van der Waals surface area contributed by atoms with E-state index in [1.165, 1.54) is 0 Å². The molecule has 0 heterocycles. The standard InChI is InChI=1S/C13H11Cl2NO.C2H4O2/c1-8-7-9(17)5-6-12(8)16-13-10(14)3-2-4-11(13)15;1-2(3)4/h2-7,16-17H,1H3;1H3,(H,3,4). The number of phenolic OH excluding ortho intramolecular Hbond substituents is 1. The summed E-state index contributed by atoms with van der Waals surface area (Å²) in [6.45, 7) is 2.98. The van der Waals surface area contributed by atoms with Gasteiger partial charge in [-0.1, -0.05) is 29.3 Å². The van der Waals surface area contributed by atoms with Gasteiger partial charge in [0.2, 0.25) is 0 Å². The molecule has 2 aromatic carbocycles. The third-order valence-electron chi connectivity index (χ3n) is 2.43. The molecule has 0 saturated carbocycles. The van der Waals surface area contributed by atoms with Gasteiger partial charge in [0.1, 0.15) is 5.75 Å². The lowest BCUT2D eigenvalue weighted by molar-refractivity contribution is -0.134. The van der Waals surface area contributed by atoms with Crippen molar-refractivity contribution in [2.75, 3.05) is 5.32 Å². The van der Waals surface area contributed by atoms with Crippen LogP contribution < -0.4 is 5.32 Å². The minimum Gasteiger partial charge on any atom is -0.508 e. The lowest BCUT2D eigenvalue weighted by Crippen LogP contribution is -1.94. The van der Waals surface area contributed by atoms with Crippen LogP contribution in [-0.4, -0.2) is 16.2 Å². The van der Waals surface area contributed by atoms with E-state index in [-0.39, 0.29) is 5.75 Å². The SMILES string of the molecule is CC(=O)O.Cc1cc(O)ccc1Nc1c(Cl)cccc1Cl. The zero-order chi connectivity index (χ0) is 16.0. The Morgan fingerprint density at radius 1 is 1.14 bits per heavy atom. The Morgan fingerprint density at radius 3 is 2.14 bits per heavy atom. The minimum absolute atomic E-state index is 0.235. The molecule has 2 rings (SSSR count). The molecule has 112 valence electrons. The highest BCUT2D eigenvalue weighted by atomic mass is 35.5. The number of para-hydroxylation sites is 1. The monoisotopic (exact) mass is 327 g/mol. The van der Waals surface area contributed by atoms with Gasteiger partial charge in [0.25, 0.3) is 5.97 Å².